The zero-order valence-corrected chi connectivity index (χ0v) is 13.1. The van der Waals surface area contributed by atoms with Crippen LogP contribution in [0.5, 0.6) is 0 Å². The third-order valence-electron chi connectivity index (χ3n) is 3.88. The highest BCUT2D eigenvalue weighted by Gasteiger charge is 2.34. The number of para-hydroxylation sites is 1. The number of sulfonamides is 1. The van der Waals surface area contributed by atoms with Gasteiger partial charge in [0.1, 0.15) is 0 Å². The number of nitrogens with zero attached hydrogens (tertiary/aromatic N) is 1. The lowest BCUT2D eigenvalue weighted by Crippen LogP contribution is -2.36. The van der Waals surface area contributed by atoms with E-state index in [0.29, 0.717) is 0 Å². The molecule has 0 unspecified atom stereocenters. The Balaban J connectivity index is 1.95. The van der Waals surface area contributed by atoms with Gasteiger partial charge in [0.2, 0.25) is 10.0 Å². The lowest BCUT2D eigenvalue weighted by atomic mass is 10.1. The predicted molar refractivity (Wildman–Crippen MR) is 85.9 cm³/mol. The molecule has 0 saturated heterocycles. The highest BCUT2D eigenvalue weighted by atomic mass is 32.2. The lowest BCUT2D eigenvalue weighted by molar-refractivity contribution is 0.583. The first-order valence-electron chi connectivity index (χ1n) is 7.13. The number of benzene rings is 2. The van der Waals surface area contributed by atoms with E-state index in [2.05, 4.69) is 0 Å². The van der Waals surface area contributed by atoms with Crippen LogP contribution in [-0.4, -0.2) is 14.5 Å². The minimum Gasteiger partial charge on any atom is -0.267 e. The summed E-state index contributed by atoms with van der Waals surface area (Å²) in [4.78, 5) is 0. The van der Waals surface area contributed by atoms with Crippen LogP contribution in [-0.2, 0) is 22.2 Å². The molecule has 21 heavy (non-hydrogen) atoms. The van der Waals surface area contributed by atoms with Crippen molar-refractivity contribution in [1.82, 2.24) is 0 Å². The Bertz CT molecular complexity index is 768. The zero-order valence-electron chi connectivity index (χ0n) is 12.3. The summed E-state index contributed by atoms with van der Waals surface area (Å²) in [7, 11) is -3.36. The highest BCUT2D eigenvalue weighted by Crippen LogP contribution is 2.35. The second-order valence-electron chi connectivity index (χ2n) is 5.72. The first kappa shape index (κ1) is 14.1. The summed E-state index contributed by atoms with van der Waals surface area (Å²) in [6.07, 6.45) is 0.781. The molecule has 0 spiro atoms. The summed E-state index contributed by atoms with van der Waals surface area (Å²) >= 11 is 0. The van der Waals surface area contributed by atoms with E-state index in [9.17, 15) is 8.42 Å². The average molecular weight is 301 g/mol. The second-order valence-corrected chi connectivity index (χ2v) is 7.57. The molecule has 0 fully saturated rings. The van der Waals surface area contributed by atoms with Crippen LogP contribution >= 0.6 is 0 Å². The van der Waals surface area contributed by atoms with Crippen molar-refractivity contribution in [3.05, 3.63) is 65.2 Å². The maximum Gasteiger partial charge on any atom is 0.239 e. The van der Waals surface area contributed by atoms with Crippen LogP contribution < -0.4 is 4.31 Å². The first-order chi connectivity index (χ1) is 9.97. The van der Waals surface area contributed by atoms with Gasteiger partial charge in [0.25, 0.3) is 0 Å². The summed E-state index contributed by atoms with van der Waals surface area (Å²) in [5, 5.41) is 0. The Morgan fingerprint density at radius 2 is 1.90 bits per heavy atom. The summed E-state index contributed by atoms with van der Waals surface area (Å²) < 4.78 is 27.2. The molecule has 110 valence electrons. The van der Waals surface area contributed by atoms with Crippen molar-refractivity contribution >= 4 is 15.7 Å². The number of anilines is 1. The third kappa shape index (κ3) is 2.68. The van der Waals surface area contributed by atoms with Gasteiger partial charge in [0, 0.05) is 6.04 Å². The number of rotatable bonds is 3. The van der Waals surface area contributed by atoms with Gasteiger partial charge in [-0.1, -0.05) is 48.0 Å². The molecule has 0 N–H and O–H groups in total. The Morgan fingerprint density at radius 3 is 2.67 bits per heavy atom. The molecule has 2 aromatic carbocycles. The Hall–Kier alpha value is -1.81. The van der Waals surface area contributed by atoms with Gasteiger partial charge >= 0.3 is 0 Å². The van der Waals surface area contributed by atoms with Gasteiger partial charge in [-0.15, -0.1) is 0 Å². The summed E-state index contributed by atoms with van der Waals surface area (Å²) in [6.45, 7) is 3.94. The Morgan fingerprint density at radius 1 is 1.14 bits per heavy atom. The summed E-state index contributed by atoms with van der Waals surface area (Å²) in [6, 6.07) is 15.4. The number of fused-ring (bicyclic) bond motifs is 1. The lowest BCUT2D eigenvalue weighted by Gasteiger charge is -2.24. The van der Waals surface area contributed by atoms with Gasteiger partial charge in [0.15, 0.2) is 0 Å². The van der Waals surface area contributed by atoms with E-state index >= 15 is 0 Å². The monoisotopic (exact) mass is 301 g/mol. The van der Waals surface area contributed by atoms with Crippen molar-refractivity contribution in [1.29, 1.82) is 0 Å². The fourth-order valence-electron chi connectivity index (χ4n) is 3.04. The van der Waals surface area contributed by atoms with Gasteiger partial charge in [-0.2, -0.15) is 0 Å². The highest BCUT2D eigenvalue weighted by molar-refractivity contribution is 7.92. The molecule has 4 heteroatoms. The predicted octanol–water partition coefficient (Wildman–Crippen LogP) is 3.28. The van der Waals surface area contributed by atoms with Gasteiger partial charge in [0.05, 0.1) is 11.4 Å². The largest absolute Gasteiger partial charge is 0.267 e. The van der Waals surface area contributed by atoms with Crippen molar-refractivity contribution in [3.63, 3.8) is 0 Å². The molecular weight excluding hydrogens is 282 g/mol. The van der Waals surface area contributed by atoms with E-state index < -0.39 is 10.0 Å². The van der Waals surface area contributed by atoms with E-state index in [-0.39, 0.29) is 11.8 Å². The SMILES string of the molecule is Cc1cccc(CS(=O)(=O)N2c3ccccc3C[C@@H]2C)c1. The number of aryl methyl sites for hydroxylation is 1. The van der Waals surface area contributed by atoms with Gasteiger partial charge in [-0.25, -0.2) is 8.42 Å². The van der Waals surface area contributed by atoms with Crippen LogP contribution in [0.1, 0.15) is 23.6 Å². The van der Waals surface area contributed by atoms with Crippen molar-refractivity contribution in [3.8, 4) is 0 Å². The fourth-order valence-corrected chi connectivity index (χ4v) is 4.88. The molecular formula is C17H19NO2S. The summed E-state index contributed by atoms with van der Waals surface area (Å²) in [5.74, 6) is 0.0490. The molecule has 2 aromatic rings. The smallest absolute Gasteiger partial charge is 0.239 e. The van der Waals surface area contributed by atoms with Gasteiger partial charge in [-0.3, -0.25) is 4.31 Å². The first-order valence-corrected chi connectivity index (χ1v) is 8.74. The fraction of sp³-hybridized carbons (Fsp3) is 0.294. The second kappa shape index (κ2) is 5.19. The van der Waals surface area contributed by atoms with Gasteiger partial charge in [-0.05, 0) is 37.5 Å². The molecule has 1 aliphatic rings. The van der Waals surface area contributed by atoms with Crippen molar-refractivity contribution in [2.75, 3.05) is 4.31 Å². The third-order valence-corrected chi connectivity index (χ3v) is 5.73. The van der Waals surface area contributed by atoms with Crippen molar-refractivity contribution in [2.45, 2.75) is 32.1 Å². The topological polar surface area (TPSA) is 37.4 Å². The molecule has 1 heterocycles. The maximum absolute atomic E-state index is 12.8. The minimum absolute atomic E-state index is 0.0165. The average Bonchev–Trinajstić information content (AvgIpc) is 2.74. The van der Waals surface area contributed by atoms with Crippen LogP contribution in [0.4, 0.5) is 5.69 Å². The zero-order chi connectivity index (χ0) is 15.0. The normalized spacial score (nSPS) is 17.8. The van der Waals surface area contributed by atoms with Crippen LogP contribution in [0.3, 0.4) is 0 Å². The molecule has 0 saturated carbocycles. The number of hydrogen-bond donors (Lipinski definition) is 0. The molecule has 0 radical (unpaired) electrons. The van der Waals surface area contributed by atoms with Crippen LogP contribution in [0.2, 0.25) is 0 Å². The standard InChI is InChI=1S/C17H19NO2S/c1-13-6-5-7-15(10-13)12-21(19,20)18-14(2)11-16-8-3-4-9-17(16)18/h3-10,14H,11-12H2,1-2H3/t14-/m0/s1. The summed E-state index contributed by atoms with van der Waals surface area (Å²) in [5.41, 5.74) is 3.86. The molecule has 0 aromatic heterocycles. The van der Waals surface area contributed by atoms with Crippen molar-refractivity contribution in [2.24, 2.45) is 0 Å². The molecule has 3 rings (SSSR count). The van der Waals surface area contributed by atoms with Crippen LogP contribution in [0.25, 0.3) is 0 Å². The van der Waals surface area contributed by atoms with Crippen molar-refractivity contribution < 1.29 is 8.42 Å². The van der Waals surface area contributed by atoms with Crippen LogP contribution in [0, 0.1) is 6.92 Å². The van der Waals surface area contributed by atoms with E-state index in [4.69, 9.17) is 0 Å². The molecule has 0 aliphatic carbocycles. The van der Waals surface area contributed by atoms with E-state index in [1.165, 1.54) is 0 Å². The van der Waals surface area contributed by atoms with Gasteiger partial charge < -0.3 is 0 Å². The molecule has 3 nitrogen and oxygen atoms in total. The van der Waals surface area contributed by atoms with E-state index in [1.807, 2.05) is 62.4 Å². The van der Waals surface area contributed by atoms with E-state index in [0.717, 1.165) is 28.8 Å². The number of hydrogen-bond acceptors (Lipinski definition) is 2. The Labute approximate surface area is 126 Å². The molecule has 0 bridgehead atoms. The quantitative estimate of drug-likeness (QED) is 0.872. The molecule has 1 aliphatic heterocycles. The van der Waals surface area contributed by atoms with Crippen LogP contribution in [0.15, 0.2) is 48.5 Å². The molecule has 1 atom stereocenters. The Kier molecular flexibility index (Phi) is 3.49. The molecule has 0 amide bonds. The van der Waals surface area contributed by atoms with E-state index in [1.54, 1.807) is 4.31 Å². The maximum atomic E-state index is 12.8. The minimum atomic E-state index is -3.36.